The Bertz CT molecular complexity index is 554. The first-order chi connectivity index (χ1) is 7.79. The number of rotatable bonds is 0. The lowest BCUT2D eigenvalue weighted by Crippen LogP contribution is -1.85. The van der Waals surface area contributed by atoms with E-state index in [1.54, 1.807) is 12.4 Å². The number of hydrogen-bond acceptors (Lipinski definition) is 4. The summed E-state index contributed by atoms with van der Waals surface area (Å²) in [5.41, 5.74) is 4.66. The maximum Gasteiger partial charge on any atom is 0.0969 e. The lowest BCUT2D eigenvalue weighted by molar-refractivity contribution is 1.26. The van der Waals surface area contributed by atoms with Gasteiger partial charge in [0.2, 0.25) is 0 Å². The van der Waals surface area contributed by atoms with Crippen molar-refractivity contribution < 1.29 is 0 Å². The fourth-order valence-electron chi connectivity index (χ4n) is 1.96. The topological polar surface area (TPSA) is 25.8 Å². The van der Waals surface area contributed by atoms with Crippen molar-refractivity contribution in [2.24, 2.45) is 0 Å². The van der Waals surface area contributed by atoms with Crippen LogP contribution >= 0.6 is 0 Å². The molecule has 1 aliphatic rings. The molecule has 0 aromatic carbocycles. The predicted octanol–water partition coefficient (Wildman–Crippen LogP) is 2.27. The predicted molar refractivity (Wildman–Crippen MR) is 68.2 cm³/mol. The Balaban J connectivity index is 2.44. The van der Waals surface area contributed by atoms with E-state index >= 15 is 0 Å². The van der Waals surface area contributed by atoms with Crippen LogP contribution in [-0.2, 0) is 25.3 Å². The molecule has 0 N–H and O–H groups in total. The van der Waals surface area contributed by atoms with Gasteiger partial charge in [0.1, 0.15) is 0 Å². The first-order valence-electron chi connectivity index (χ1n) is 4.78. The smallest absolute Gasteiger partial charge is 0.0969 e. The van der Waals surface area contributed by atoms with Crippen LogP contribution in [0.3, 0.4) is 0 Å². The molecular formula is C12H6N2S2-2. The molecule has 2 aromatic rings. The van der Waals surface area contributed by atoms with Crippen molar-refractivity contribution in [1.29, 1.82) is 0 Å². The summed E-state index contributed by atoms with van der Waals surface area (Å²) in [6.45, 7) is 0. The van der Waals surface area contributed by atoms with Crippen molar-refractivity contribution in [2.45, 2.75) is 0 Å². The second-order valence-corrected chi connectivity index (χ2v) is 4.54. The second-order valence-electron chi connectivity index (χ2n) is 3.46. The first kappa shape index (κ1) is 9.69. The number of aromatic nitrogens is 2. The minimum absolute atomic E-state index is 0.473. The van der Waals surface area contributed by atoms with E-state index in [1.165, 1.54) is 0 Å². The van der Waals surface area contributed by atoms with E-state index in [-0.39, 0.29) is 0 Å². The Labute approximate surface area is 104 Å². The van der Waals surface area contributed by atoms with Crippen molar-refractivity contribution in [3.63, 3.8) is 0 Å². The normalized spacial score (nSPS) is 12.1. The third-order valence-electron chi connectivity index (χ3n) is 2.58. The Hall–Kier alpha value is -1.52. The SMILES string of the molecule is [S-]C([S-])=C1c2cccnc2-c2ncccc21. The maximum atomic E-state index is 5.13. The molecule has 0 bridgehead atoms. The molecule has 0 fully saturated rings. The van der Waals surface area contributed by atoms with Gasteiger partial charge in [-0.15, -0.1) is 0 Å². The highest BCUT2D eigenvalue weighted by Crippen LogP contribution is 2.42. The molecule has 2 aromatic heterocycles. The van der Waals surface area contributed by atoms with Gasteiger partial charge in [0.25, 0.3) is 0 Å². The number of fused-ring (bicyclic) bond motifs is 3. The van der Waals surface area contributed by atoms with Crippen LogP contribution in [0.25, 0.3) is 17.0 Å². The van der Waals surface area contributed by atoms with Crippen molar-refractivity contribution in [3.05, 3.63) is 52.0 Å². The molecular weight excluding hydrogens is 236 g/mol. The second kappa shape index (κ2) is 3.50. The molecule has 16 heavy (non-hydrogen) atoms. The van der Waals surface area contributed by atoms with Gasteiger partial charge in [-0.3, -0.25) is 9.97 Å². The standard InChI is InChI=1S/C12H8N2S2/c15-12(16)9-7-3-1-5-13-10(7)11-8(9)4-2-6-14-11/h1-6,15-16H/p-2. The van der Waals surface area contributed by atoms with Crippen LogP contribution < -0.4 is 0 Å². The molecule has 1 aliphatic carbocycles. The van der Waals surface area contributed by atoms with E-state index in [1.807, 2.05) is 24.3 Å². The van der Waals surface area contributed by atoms with E-state index in [4.69, 9.17) is 25.3 Å². The first-order valence-corrected chi connectivity index (χ1v) is 5.60. The largest absolute Gasteiger partial charge is 0.807 e. The van der Waals surface area contributed by atoms with Crippen LogP contribution in [0.2, 0.25) is 0 Å². The monoisotopic (exact) mass is 242 g/mol. The van der Waals surface area contributed by atoms with Crippen molar-refractivity contribution in [3.8, 4) is 11.4 Å². The lowest BCUT2D eigenvalue weighted by Gasteiger charge is -2.24. The van der Waals surface area contributed by atoms with Gasteiger partial charge in [0, 0.05) is 23.5 Å². The van der Waals surface area contributed by atoms with E-state index < -0.39 is 0 Å². The van der Waals surface area contributed by atoms with Crippen LogP contribution in [0, 0.1) is 0 Å². The Morgan fingerprint density at radius 1 is 0.875 bits per heavy atom. The Morgan fingerprint density at radius 3 is 1.81 bits per heavy atom. The van der Waals surface area contributed by atoms with Crippen LogP contribution in [0.4, 0.5) is 0 Å². The molecule has 78 valence electrons. The zero-order chi connectivity index (χ0) is 11.1. The molecule has 0 saturated heterocycles. The van der Waals surface area contributed by atoms with E-state index in [0.717, 1.165) is 28.1 Å². The number of hydrogen-bond donors (Lipinski definition) is 0. The van der Waals surface area contributed by atoms with Gasteiger partial charge < -0.3 is 29.5 Å². The quantitative estimate of drug-likeness (QED) is 0.565. The Kier molecular flexibility index (Phi) is 2.12. The third kappa shape index (κ3) is 1.24. The molecule has 0 saturated carbocycles. The molecule has 0 unspecified atom stereocenters. The highest BCUT2D eigenvalue weighted by atomic mass is 32.2. The molecule has 2 heterocycles. The summed E-state index contributed by atoms with van der Waals surface area (Å²) in [4.78, 5) is 8.69. The van der Waals surface area contributed by atoms with Crippen molar-refractivity contribution >= 4 is 30.8 Å². The van der Waals surface area contributed by atoms with Crippen molar-refractivity contribution in [1.82, 2.24) is 9.97 Å². The fraction of sp³-hybridized carbons (Fsp3) is 0. The summed E-state index contributed by atoms with van der Waals surface area (Å²) in [5.74, 6) is 0. The molecule has 0 atom stereocenters. The molecule has 0 amide bonds. The summed E-state index contributed by atoms with van der Waals surface area (Å²) in [5, 5.41) is 0. The summed E-state index contributed by atoms with van der Waals surface area (Å²) in [6.07, 6.45) is 3.51. The van der Waals surface area contributed by atoms with Crippen LogP contribution in [0.1, 0.15) is 11.1 Å². The Morgan fingerprint density at radius 2 is 1.38 bits per heavy atom. The van der Waals surface area contributed by atoms with Crippen molar-refractivity contribution in [2.75, 3.05) is 0 Å². The molecule has 0 aliphatic heterocycles. The average molecular weight is 242 g/mol. The highest BCUT2D eigenvalue weighted by Gasteiger charge is 2.23. The summed E-state index contributed by atoms with van der Waals surface area (Å²) in [6, 6.07) is 7.74. The third-order valence-corrected chi connectivity index (χ3v) is 2.99. The molecule has 0 radical (unpaired) electrons. The van der Waals surface area contributed by atoms with Crippen LogP contribution in [0.5, 0.6) is 0 Å². The minimum atomic E-state index is 0.473. The van der Waals surface area contributed by atoms with Gasteiger partial charge >= 0.3 is 0 Å². The fourth-order valence-corrected chi connectivity index (χ4v) is 2.40. The zero-order valence-electron chi connectivity index (χ0n) is 8.18. The van der Waals surface area contributed by atoms with E-state index in [9.17, 15) is 0 Å². The molecule has 2 nitrogen and oxygen atoms in total. The van der Waals surface area contributed by atoms with Gasteiger partial charge in [0.15, 0.2) is 0 Å². The van der Waals surface area contributed by atoms with Crippen LogP contribution in [-0.4, -0.2) is 9.97 Å². The molecule has 4 heteroatoms. The molecule has 3 rings (SSSR count). The zero-order valence-corrected chi connectivity index (χ0v) is 9.81. The highest BCUT2D eigenvalue weighted by molar-refractivity contribution is 7.85. The average Bonchev–Trinajstić information content (AvgIpc) is 2.63. The van der Waals surface area contributed by atoms with Gasteiger partial charge in [-0.05, 0) is 12.1 Å². The van der Waals surface area contributed by atoms with Gasteiger partial charge in [0.05, 0.1) is 11.4 Å². The lowest BCUT2D eigenvalue weighted by atomic mass is 10.1. The maximum absolute atomic E-state index is 5.13. The van der Waals surface area contributed by atoms with E-state index in [2.05, 4.69) is 9.97 Å². The number of nitrogens with zero attached hydrogens (tertiary/aromatic N) is 2. The van der Waals surface area contributed by atoms with E-state index in [0.29, 0.717) is 4.24 Å². The minimum Gasteiger partial charge on any atom is -0.807 e. The van der Waals surface area contributed by atoms with Crippen LogP contribution in [0.15, 0.2) is 40.9 Å². The molecule has 0 spiro atoms. The number of pyridine rings is 2. The van der Waals surface area contributed by atoms with Gasteiger partial charge in [-0.2, -0.15) is 0 Å². The summed E-state index contributed by atoms with van der Waals surface area (Å²) < 4.78 is 0.473. The summed E-state index contributed by atoms with van der Waals surface area (Å²) >= 11 is 10.3. The van der Waals surface area contributed by atoms with Gasteiger partial charge in [-0.1, -0.05) is 17.7 Å². The summed E-state index contributed by atoms with van der Waals surface area (Å²) in [7, 11) is 0. The van der Waals surface area contributed by atoms with Gasteiger partial charge in [-0.25, -0.2) is 0 Å².